The number of aliphatic hydroxyl groups is 1. The number of aryl methyl sites for hydroxylation is 1. The van der Waals surface area contributed by atoms with Crippen LogP contribution in [0.15, 0.2) is 12.3 Å². The fourth-order valence-electron chi connectivity index (χ4n) is 2.55. The molecule has 1 N–H and O–H groups in total. The molecular formula is C13H18ClNO. The van der Waals surface area contributed by atoms with E-state index in [0.717, 1.165) is 24.0 Å². The second kappa shape index (κ2) is 5.15. The van der Waals surface area contributed by atoms with Crippen molar-refractivity contribution < 1.29 is 5.11 Å². The summed E-state index contributed by atoms with van der Waals surface area (Å²) in [7, 11) is 0. The molecule has 1 saturated carbocycles. The van der Waals surface area contributed by atoms with Crippen molar-refractivity contribution in [3.05, 3.63) is 28.5 Å². The van der Waals surface area contributed by atoms with E-state index >= 15 is 0 Å². The summed E-state index contributed by atoms with van der Waals surface area (Å²) in [5.74, 6) is 0.399. The Morgan fingerprint density at radius 1 is 1.38 bits per heavy atom. The van der Waals surface area contributed by atoms with Gasteiger partial charge in [0.15, 0.2) is 0 Å². The summed E-state index contributed by atoms with van der Waals surface area (Å²) < 4.78 is 0. The highest BCUT2D eigenvalue weighted by Crippen LogP contribution is 2.35. The van der Waals surface area contributed by atoms with E-state index in [-0.39, 0.29) is 6.10 Å². The summed E-state index contributed by atoms with van der Waals surface area (Å²) in [6.07, 6.45) is 7.39. The van der Waals surface area contributed by atoms with Crippen LogP contribution in [0.25, 0.3) is 0 Å². The normalized spacial score (nSPS) is 19.7. The van der Waals surface area contributed by atoms with Crippen LogP contribution < -0.4 is 0 Å². The molecule has 1 fully saturated rings. The Hall–Kier alpha value is -0.600. The molecular weight excluding hydrogens is 222 g/mol. The summed E-state index contributed by atoms with van der Waals surface area (Å²) in [5, 5.41) is 10.8. The van der Waals surface area contributed by atoms with E-state index in [4.69, 9.17) is 11.6 Å². The number of rotatable bonds is 2. The standard InChI is InChI=1S/C13H18ClNO/c1-9-7-12(14)15-8-11(9)13(16)10-5-3-2-4-6-10/h7-8,10,13,16H,2-6H2,1H3. The minimum Gasteiger partial charge on any atom is -0.388 e. The third-order valence-electron chi connectivity index (χ3n) is 3.53. The molecule has 1 aromatic heterocycles. The van der Waals surface area contributed by atoms with Crippen LogP contribution >= 0.6 is 11.6 Å². The molecule has 1 aliphatic rings. The average molecular weight is 240 g/mol. The van der Waals surface area contributed by atoms with Crippen LogP contribution in [0.4, 0.5) is 0 Å². The van der Waals surface area contributed by atoms with Gasteiger partial charge in [0.2, 0.25) is 0 Å². The molecule has 0 aliphatic heterocycles. The van der Waals surface area contributed by atoms with Gasteiger partial charge in [-0.25, -0.2) is 4.98 Å². The SMILES string of the molecule is Cc1cc(Cl)ncc1C(O)C1CCCCC1. The monoisotopic (exact) mass is 239 g/mol. The van der Waals surface area contributed by atoms with Gasteiger partial charge in [0.25, 0.3) is 0 Å². The van der Waals surface area contributed by atoms with Gasteiger partial charge < -0.3 is 5.11 Å². The lowest BCUT2D eigenvalue weighted by molar-refractivity contribution is 0.0840. The fourth-order valence-corrected chi connectivity index (χ4v) is 2.76. The minimum atomic E-state index is -0.370. The first kappa shape index (κ1) is 11.9. The zero-order valence-corrected chi connectivity index (χ0v) is 10.4. The molecule has 0 aromatic carbocycles. The van der Waals surface area contributed by atoms with Crippen LogP contribution in [0.2, 0.25) is 5.15 Å². The van der Waals surface area contributed by atoms with Crippen molar-refractivity contribution in [1.82, 2.24) is 4.98 Å². The zero-order chi connectivity index (χ0) is 11.5. The maximum Gasteiger partial charge on any atom is 0.129 e. The number of aliphatic hydroxyl groups excluding tert-OH is 1. The lowest BCUT2D eigenvalue weighted by Gasteiger charge is -2.27. The first-order valence-electron chi connectivity index (χ1n) is 5.98. The molecule has 0 amide bonds. The van der Waals surface area contributed by atoms with Gasteiger partial charge in [-0.15, -0.1) is 0 Å². The highest BCUT2D eigenvalue weighted by molar-refractivity contribution is 6.29. The topological polar surface area (TPSA) is 33.1 Å². The first-order chi connectivity index (χ1) is 7.68. The van der Waals surface area contributed by atoms with Crippen molar-refractivity contribution in [3.8, 4) is 0 Å². The van der Waals surface area contributed by atoms with Crippen LogP contribution in [0.5, 0.6) is 0 Å². The average Bonchev–Trinajstić information content (AvgIpc) is 2.29. The number of pyridine rings is 1. The van der Waals surface area contributed by atoms with Gasteiger partial charge in [-0.05, 0) is 37.3 Å². The molecule has 1 heterocycles. The van der Waals surface area contributed by atoms with Crippen LogP contribution in [0, 0.1) is 12.8 Å². The zero-order valence-electron chi connectivity index (χ0n) is 9.62. The number of aromatic nitrogens is 1. The van der Waals surface area contributed by atoms with Crippen LogP contribution in [-0.2, 0) is 0 Å². The van der Waals surface area contributed by atoms with E-state index in [0.29, 0.717) is 11.1 Å². The second-order valence-electron chi connectivity index (χ2n) is 4.71. The summed E-state index contributed by atoms with van der Waals surface area (Å²) in [5.41, 5.74) is 1.98. The Kier molecular flexibility index (Phi) is 3.82. The van der Waals surface area contributed by atoms with E-state index in [1.165, 1.54) is 19.3 Å². The highest BCUT2D eigenvalue weighted by Gasteiger charge is 2.24. The minimum absolute atomic E-state index is 0.370. The predicted octanol–water partition coefficient (Wildman–Crippen LogP) is 3.66. The van der Waals surface area contributed by atoms with E-state index in [1.807, 2.05) is 13.0 Å². The van der Waals surface area contributed by atoms with Crippen LogP contribution in [0.3, 0.4) is 0 Å². The summed E-state index contributed by atoms with van der Waals surface area (Å²) in [6, 6.07) is 1.82. The van der Waals surface area contributed by atoms with Gasteiger partial charge in [-0.3, -0.25) is 0 Å². The van der Waals surface area contributed by atoms with Crippen molar-refractivity contribution in [2.75, 3.05) is 0 Å². The molecule has 0 bridgehead atoms. The maximum absolute atomic E-state index is 10.3. The molecule has 16 heavy (non-hydrogen) atoms. The molecule has 2 nitrogen and oxygen atoms in total. The quantitative estimate of drug-likeness (QED) is 0.799. The van der Waals surface area contributed by atoms with E-state index < -0.39 is 0 Å². The van der Waals surface area contributed by atoms with Gasteiger partial charge >= 0.3 is 0 Å². The molecule has 1 unspecified atom stereocenters. The number of hydrogen-bond acceptors (Lipinski definition) is 2. The van der Waals surface area contributed by atoms with Crippen molar-refractivity contribution in [2.45, 2.75) is 45.1 Å². The van der Waals surface area contributed by atoms with E-state index in [2.05, 4.69) is 4.98 Å². The molecule has 0 saturated heterocycles. The lowest BCUT2D eigenvalue weighted by Crippen LogP contribution is -2.17. The number of nitrogens with zero attached hydrogens (tertiary/aromatic N) is 1. The Labute approximate surface area is 102 Å². The third-order valence-corrected chi connectivity index (χ3v) is 3.74. The Morgan fingerprint density at radius 2 is 2.06 bits per heavy atom. The van der Waals surface area contributed by atoms with Gasteiger partial charge in [-0.1, -0.05) is 30.9 Å². The van der Waals surface area contributed by atoms with E-state index in [1.54, 1.807) is 6.20 Å². The second-order valence-corrected chi connectivity index (χ2v) is 5.09. The molecule has 88 valence electrons. The fraction of sp³-hybridized carbons (Fsp3) is 0.615. The van der Waals surface area contributed by atoms with E-state index in [9.17, 15) is 5.11 Å². The molecule has 2 rings (SSSR count). The molecule has 0 spiro atoms. The summed E-state index contributed by atoms with van der Waals surface area (Å²) in [4.78, 5) is 4.06. The van der Waals surface area contributed by atoms with Gasteiger partial charge in [0, 0.05) is 11.8 Å². The van der Waals surface area contributed by atoms with Crippen molar-refractivity contribution in [3.63, 3.8) is 0 Å². The summed E-state index contributed by atoms with van der Waals surface area (Å²) in [6.45, 7) is 1.98. The van der Waals surface area contributed by atoms with Crippen LogP contribution in [-0.4, -0.2) is 10.1 Å². The van der Waals surface area contributed by atoms with Crippen molar-refractivity contribution in [2.24, 2.45) is 5.92 Å². The Bertz CT molecular complexity index is 361. The highest BCUT2D eigenvalue weighted by atomic mass is 35.5. The molecule has 3 heteroatoms. The largest absolute Gasteiger partial charge is 0.388 e. The maximum atomic E-state index is 10.3. The van der Waals surface area contributed by atoms with Crippen molar-refractivity contribution >= 4 is 11.6 Å². The molecule has 1 atom stereocenters. The summed E-state index contributed by atoms with van der Waals surface area (Å²) >= 11 is 5.81. The van der Waals surface area contributed by atoms with Gasteiger partial charge in [0.1, 0.15) is 5.15 Å². The Morgan fingerprint density at radius 3 is 2.69 bits per heavy atom. The van der Waals surface area contributed by atoms with Gasteiger partial charge in [-0.2, -0.15) is 0 Å². The molecule has 0 radical (unpaired) electrons. The van der Waals surface area contributed by atoms with Crippen LogP contribution in [0.1, 0.15) is 49.3 Å². The third kappa shape index (κ3) is 2.55. The number of hydrogen-bond donors (Lipinski definition) is 1. The smallest absolute Gasteiger partial charge is 0.129 e. The molecule has 1 aliphatic carbocycles. The number of halogens is 1. The lowest BCUT2D eigenvalue weighted by atomic mass is 9.82. The van der Waals surface area contributed by atoms with Gasteiger partial charge in [0.05, 0.1) is 6.10 Å². The van der Waals surface area contributed by atoms with Crippen molar-refractivity contribution in [1.29, 1.82) is 0 Å². The first-order valence-corrected chi connectivity index (χ1v) is 6.36. The molecule has 1 aromatic rings. The predicted molar refractivity (Wildman–Crippen MR) is 65.5 cm³/mol. The Balaban J connectivity index is 2.15.